The number of carbonyl (C=O) groups excluding carboxylic acids is 2. The van der Waals surface area contributed by atoms with Crippen molar-refractivity contribution in [1.82, 2.24) is 4.57 Å². The molecular formula is C17H11BrClNO2. The lowest BCUT2D eigenvalue weighted by Gasteiger charge is -2.05. The number of aromatic nitrogens is 1. The second-order valence-electron chi connectivity index (χ2n) is 4.92. The lowest BCUT2D eigenvalue weighted by atomic mass is 10.1. The molecule has 0 aliphatic heterocycles. The van der Waals surface area contributed by atoms with E-state index in [4.69, 9.17) is 11.6 Å². The van der Waals surface area contributed by atoms with E-state index in [1.54, 1.807) is 6.20 Å². The van der Waals surface area contributed by atoms with Gasteiger partial charge in [-0.3, -0.25) is 9.59 Å². The zero-order valence-corrected chi connectivity index (χ0v) is 13.8. The number of carbonyl (C=O) groups is 2. The summed E-state index contributed by atoms with van der Waals surface area (Å²) in [6.45, 7) is 0.609. The van der Waals surface area contributed by atoms with Gasteiger partial charge in [0.05, 0.1) is 5.56 Å². The number of Topliss-reactive ketones (excluding diaryl/α,β-unsaturated/α-hetero) is 1. The molecule has 5 heteroatoms. The zero-order valence-electron chi connectivity index (χ0n) is 11.4. The van der Waals surface area contributed by atoms with Crippen LogP contribution in [0.4, 0.5) is 0 Å². The maximum Gasteiger partial charge on any atom is 0.293 e. The predicted octanol–water partition coefficient (Wildman–Crippen LogP) is 4.40. The molecule has 0 aliphatic rings. The minimum absolute atomic E-state index is 0.340. The van der Waals surface area contributed by atoms with Gasteiger partial charge in [0.1, 0.15) is 0 Å². The monoisotopic (exact) mass is 375 g/mol. The number of rotatable bonds is 4. The summed E-state index contributed by atoms with van der Waals surface area (Å²) < 4.78 is 2.96. The van der Waals surface area contributed by atoms with Crippen molar-refractivity contribution < 1.29 is 9.59 Å². The smallest absolute Gasteiger partial charge is 0.293 e. The Hall–Kier alpha value is -1.91. The van der Waals surface area contributed by atoms with Crippen molar-refractivity contribution in [3.8, 4) is 0 Å². The Kier molecular flexibility index (Phi) is 4.14. The van der Waals surface area contributed by atoms with Crippen LogP contribution in [0.1, 0.15) is 15.9 Å². The summed E-state index contributed by atoms with van der Waals surface area (Å²) >= 11 is 8.75. The highest BCUT2D eigenvalue weighted by atomic mass is 79.9. The van der Waals surface area contributed by atoms with Crippen molar-refractivity contribution in [1.29, 1.82) is 0 Å². The molecule has 3 rings (SSSR count). The van der Waals surface area contributed by atoms with Gasteiger partial charge in [-0.05, 0) is 35.4 Å². The third-order valence-corrected chi connectivity index (χ3v) is 4.18. The number of benzene rings is 2. The molecule has 0 N–H and O–H groups in total. The lowest BCUT2D eigenvalue weighted by Crippen LogP contribution is -2.06. The van der Waals surface area contributed by atoms with Crippen molar-refractivity contribution >= 4 is 49.5 Å². The van der Waals surface area contributed by atoms with Crippen molar-refractivity contribution in [3.63, 3.8) is 0 Å². The number of fused-ring (bicyclic) bond motifs is 1. The van der Waals surface area contributed by atoms with E-state index in [0.29, 0.717) is 12.1 Å². The first kappa shape index (κ1) is 15.0. The molecule has 1 aromatic heterocycles. The highest BCUT2D eigenvalue weighted by molar-refractivity contribution is 9.10. The summed E-state index contributed by atoms with van der Waals surface area (Å²) in [7, 11) is 0. The number of hydrogen-bond acceptors (Lipinski definition) is 2. The van der Waals surface area contributed by atoms with Crippen LogP contribution in [0.3, 0.4) is 0 Å². The van der Waals surface area contributed by atoms with Gasteiger partial charge in [0.2, 0.25) is 5.78 Å². The van der Waals surface area contributed by atoms with Gasteiger partial charge in [-0.2, -0.15) is 0 Å². The van der Waals surface area contributed by atoms with E-state index >= 15 is 0 Å². The van der Waals surface area contributed by atoms with Gasteiger partial charge in [-0.1, -0.05) is 46.3 Å². The van der Waals surface area contributed by atoms with E-state index in [0.717, 1.165) is 20.9 Å². The van der Waals surface area contributed by atoms with E-state index in [1.165, 1.54) is 0 Å². The van der Waals surface area contributed by atoms with Crippen LogP contribution in [-0.4, -0.2) is 15.6 Å². The second kappa shape index (κ2) is 6.07. The Balaban J connectivity index is 2.08. The molecule has 0 saturated carbocycles. The third-order valence-electron chi connectivity index (χ3n) is 3.48. The first-order chi connectivity index (χ1) is 10.6. The molecule has 0 bridgehead atoms. The highest BCUT2D eigenvalue weighted by Crippen LogP contribution is 2.24. The normalized spacial score (nSPS) is 10.8. The molecule has 22 heavy (non-hydrogen) atoms. The number of halogens is 2. The van der Waals surface area contributed by atoms with Crippen LogP contribution in [0.15, 0.2) is 59.2 Å². The highest BCUT2D eigenvalue weighted by Gasteiger charge is 2.19. The number of para-hydroxylation sites is 1. The van der Waals surface area contributed by atoms with Gasteiger partial charge in [0.15, 0.2) is 0 Å². The third kappa shape index (κ3) is 2.85. The summed E-state index contributed by atoms with van der Waals surface area (Å²) in [5, 5.41) is -0.231. The maximum absolute atomic E-state index is 12.0. The van der Waals surface area contributed by atoms with Gasteiger partial charge < -0.3 is 4.57 Å². The molecule has 0 amide bonds. The number of ketones is 1. The lowest BCUT2D eigenvalue weighted by molar-refractivity contribution is -0.108. The molecule has 0 aliphatic carbocycles. The summed E-state index contributed by atoms with van der Waals surface area (Å²) in [6, 6.07) is 15.4. The molecule has 3 nitrogen and oxygen atoms in total. The van der Waals surface area contributed by atoms with Gasteiger partial charge in [0.25, 0.3) is 5.24 Å². The first-order valence-electron chi connectivity index (χ1n) is 6.63. The molecule has 1 heterocycles. The fraction of sp³-hybridized carbons (Fsp3) is 0.0588. The Morgan fingerprint density at radius 1 is 1.05 bits per heavy atom. The maximum atomic E-state index is 12.0. The van der Waals surface area contributed by atoms with E-state index in [1.807, 2.05) is 53.1 Å². The van der Waals surface area contributed by atoms with Gasteiger partial charge in [-0.25, -0.2) is 0 Å². The summed E-state index contributed by atoms with van der Waals surface area (Å²) in [5.74, 6) is -0.674. The van der Waals surface area contributed by atoms with Crippen LogP contribution in [0.2, 0.25) is 0 Å². The van der Waals surface area contributed by atoms with E-state index in [9.17, 15) is 9.59 Å². The van der Waals surface area contributed by atoms with Gasteiger partial charge >= 0.3 is 0 Å². The van der Waals surface area contributed by atoms with E-state index in [-0.39, 0.29) is 0 Å². The van der Waals surface area contributed by atoms with Crippen molar-refractivity contribution in [3.05, 3.63) is 70.3 Å². The van der Waals surface area contributed by atoms with E-state index < -0.39 is 11.0 Å². The van der Waals surface area contributed by atoms with Crippen LogP contribution in [-0.2, 0) is 11.3 Å². The molecular weight excluding hydrogens is 366 g/mol. The molecule has 0 saturated heterocycles. The topological polar surface area (TPSA) is 39.1 Å². The van der Waals surface area contributed by atoms with Gasteiger partial charge in [0, 0.05) is 28.1 Å². The van der Waals surface area contributed by atoms with Crippen LogP contribution in [0.5, 0.6) is 0 Å². The fourth-order valence-corrected chi connectivity index (χ4v) is 2.82. The molecule has 3 aromatic rings. The van der Waals surface area contributed by atoms with Crippen LogP contribution in [0, 0.1) is 0 Å². The zero-order chi connectivity index (χ0) is 15.7. The standard InChI is InChI=1S/C17H11BrClNO2/c18-12-7-5-11(6-8-12)9-20-10-14(16(21)17(19)22)13-3-1-2-4-15(13)20/h1-8,10H,9H2. The molecule has 0 fully saturated rings. The average molecular weight is 377 g/mol. The van der Waals surface area contributed by atoms with Crippen LogP contribution >= 0.6 is 27.5 Å². The Labute approximate surface area is 140 Å². The minimum Gasteiger partial charge on any atom is -0.342 e. The number of nitrogens with zero attached hydrogens (tertiary/aromatic N) is 1. The van der Waals surface area contributed by atoms with E-state index in [2.05, 4.69) is 15.9 Å². The Bertz CT molecular complexity index is 868. The van der Waals surface area contributed by atoms with Crippen molar-refractivity contribution in [2.24, 2.45) is 0 Å². The SMILES string of the molecule is O=C(Cl)C(=O)c1cn(Cc2ccc(Br)cc2)c2ccccc12. The Morgan fingerprint density at radius 2 is 1.73 bits per heavy atom. The molecule has 0 atom stereocenters. The largest absolute Gasteiger partial charge is 0.342 e. The molecule has 110 valence electrons. The number of hydrogen-bond donors (Lipinski definition) is 0. The fourth-order valence-electron chi connectivity index (χ4n) is 2.45. The van der Waals surface area contributed by atoms with Crippen molar-refractivity contribution in [2.75, 3.05) is 0 Å². The van der Waals surface area contributed by atoms with Crippen LogP contribution < -0.4 is 0 Å². The predicted molar refractivity (Wildman–Crippen MR) is 90.4 cm³/mol. The van der Waals surface area contributed by atoms with Crippen molar-refractivity contribution in [2.45, 2.75) is 6.54 Å². The second-order valence-corrected chi connectivity index (χ2v) is 6.18. The average Bonchev–Trinajstić information content (AvgIpc) is 2.88. The molecule has 2 aromatic carbocycles. The minimum atomic E-state index is -0.966. The molecule has 0 unspecified atom stereocenters. The summed E-state index contributed by atoms with van der Waals surface area (Å²) in [6.07, 6.45) is 1.69. The quantitative estimate of drug-likeness (QED) is 0.384. The first-order valence-corrected chi connectivity index (χ1v) is 7.80. The van der Waals surface area contributed by atoms with Crippen LogP contribution in [0.25, 0.3) is 10.9 Å². The molecule has 0 spiro atoms. The summed E-state index contributed by atoms with van der Waals surface area (Å²) in [4.78, 5) is 23.2. The summed E-state index contributed by atoms with van der Waals surface area (Å²) in [5.41, 5.74) is 2.33. The molecule has 0 radical (unpaired) electrons. The Morgan fingerprint density at radius 3 is 2.41 bits per heavy atom. The van der Waals surface area contributed by atoms with Gasteiger partial charge in [-0.15, -0.1) is 0 Å².